The van der Waals surface area contributed by atoms with Gasteiger partial charge in [-0.15, -0.1) is 0 Å². The highest BCUT2D eigenvalue weighted by atomic mass is 79.9. The van der Waals surface area contributed by atoms with Crippen molar-refractivity contribution in [3.8, 4) is 0 Å². The van der Waals surface area contributed by atoms with E-state index in [-0.39, 0.29) is 0 Å². The van der Waals surface area contributed by atoms with E-state index in [2.05, 4.69) is 34.7 Å². The number of hydrogen-bond acceptors (Lipinski definition) is 1. The van der Waals surface area contributed by atoms with Crippen molar-refractivity contribution in [1.82, 2.24) is 4.90 Å². The molecule has 0 bridgehead atoms. The minimum absolute atomic E-state index is 0.901. The van der Waals surface area contributed by atoms with Crippen molar-refractivity contribution in [1.29, 1.82) is 0 Å². The molecule has 1 fully saturated rings. The monoisotopic (exact) mass is 219 g/mol. The molecule has 0 aromatic carbocycles. The van der Waals surface area contributed by atoms with Crippen LogP contribution in [-0.2, 0) is 0 Å². The summed E-state index contributed by atoms with van der Waals surface area (Å²) in [7, 11) is 0. The maximum absolute atomic E-state index is 3.48. The van der Waals surface area contributed by atoms with Gasteiger partial charge in [-0.1, -0.05) is 29.8 Å². The standard InChI is InChI=1S/C9H18BrN/c1-8-5-9(2)7-11(6-8)4-3-10/h8-9H,3-7H2,1-2H3/t8-,9-/m1/s1. The Morgan fingerprint density at radius 3 is 2.27 bits per heavy atom. The number of piperidine rings is 1. The Balaban J connectivity index is 2.30. The van der Waals surface area contributed by atoms with E-state index >= 15 is 0 Å². The number of nitrogens with zero attached hydrogens (tertiary/aromatic N) is 1. The predicted molar refractivity (Wildman–Crippen MR) is 53.2 cm³/mol. The molecule has 1 aliphatic rings. The summed E-state index contributed by atoms with van der Waals surface area (Å²) in [6.07, 6.45) is 1.42. The van der Waals surface area contributed by atoms with Crippen molar-refractivity contribution in [3.63, 3.8) is 0 Å². The fourth-order valence-electron chi connectivity index (χ4n) is 2.09. The van der Waals surface area contributed by atoms with Gasteiger partial charge in [0.2, 0.25) is 0 Å². The van der Waals surface area contributed by atoms with Gasteiger partial charge in [0.15, 0.2) is 0 Å². The molecule has 0 aliphatic carbocycles. The maximum Gasteiger partial charge on any atom is 0.0159 e. The van der Waals surface area contributed by atoms with E-state index in [4.69, 9.17) is 0 Å². The van der Waals surface area contributed by atoms with Crippen LogP contribution in [0.4, 0.5) is 0 Å². The van der Waals surface area contributed by atoms with Gasteiger partial charge in [-0.25, -0.2) is 0 Å². The molecule has 1 heterocycles. The molecule has 0 unspecified atom stereocenters. The van der Waals surface area contributed by atoms with Crippen LogP contribution in [0.15, 0.2) is 0 Å². The Hall–Kier alpha value is 0.440. The summed E-state index contributed by atoms with van der Waals surface area (Å²) < 4.78 is 0. The quantitative estimate of drug-likeness (QED) is 0.646. The van der Waals surface area contributed by atoms with Gasteiger partial charge < -0.3 is 4.90 Å². The Labute approximate surface area is 78.3 Å². The van der Waals surface area contributed by atoms with E-state index in [1.54, 1.807) is 0 Å². The lowest BCUT2D eigenvalue weighted by molar-refractivity contribution is 0.149. The largest absolute Gasteiger partial charge is 0.302 e. The summed E-state index contributed by atoms with van der Waals surface area (Å²) in [6, 6.07) is 0. The molecular formula is C9H18BrN. The lowest BCUT2D eigenvalue weighted by Crippen LogP contribution is -2.39. The molecule has 1 rings (SSSR count). The fourth-order valence-corrected chi connectivity index (χ4v) is 2.60. The zero-order valence-corrected chi connectivity index (χ0v) is 9.10. The van der Waals surface area contributed by atoms with Crippen molar-refractivity contribution in [2.24, 2.45) is 11.8 Å². The topological polar surface area (TPSA) is 3.24 Å². The fraction of sp³-hybridized carbons (Fsp3) is 1.00. The summed E-state index contributed by atoms with van der Waals surface area (Å²) >= 11 is 3.48. The number of hydrogen-bond donors (Lipinski definition) is 0. The van der Waals surface area contributed by atoms with Crippen molar-refractivity contribution in [2.45, 2.75) is 20.3 Å². The van der Waals surface area contributed by atoms with Crippen molar-refractivity contribution in [2.75, 3.05) is 25.0 Å². The predicted octanol–water partition coefficient (Wildman–Crippen LogP) is 2.36. The average molecular weight is 220 g/mol. The molecule has 0 aromatic rings. The van der Waals surface area contributed by atoms with Crippen LogP contribution in [-0.4, -0.2) is 29.9 Å². The number of likely N-dealkylation sites (tertiary alicyclic amines) is 1. The number of alkyl halides is 1. The third-order valence-electron chi connectivity index (χ3n) is 2.35. The van der Waals surface area contributed by atoms with E-state index in [9.17, 15) is 0 Å². The SMILES string of the molecule is C[C@@H]1C[C@@H](C)CN(CCBr)C1. The first kappa shape index (κ1) is 9.53. The van der Waals surface area contributed by atoms with Crippen LogP contribution in [0.5, 0.6) is 0 Å². The van der Waals surface area contributed by atoms with Gasteiger partial charge in [0.05, 0.1) is 0 Å². The van der Waals surface area contributed by atoms with Gasteiger partial charge in [-0.2, -0.15) is 0 Å². The highest BCUT2D eigenvalue weighted by Crippen LogP contribution is 2.20. The molecule has 1 aliphatic heterocycles. The summed E-state index contributed by atoms with van der Waals surface area (Å²) in [5, 5.41) is 1.12. The van der Waals surface area contributed by atoms with Gasteiger partial charge in [0, 0.05) is 25.0 Å². The molecule has 0 spiro atoms. The average Bonchev–Trinajstić information content (AvgIpc) is 1.85. The summed E-state index contributed by atoms with van der Waals surface area (Å²) in [6.45, 7) is 8.54. The summed E-state index contributed by atoms with van der Waals surface area (Å²) in [5.41, 5.74) is 0. The Bertz CT molecular complexity index is 106. The second-order valence-electron chi connectivity index (χ2n) is 3.89. The highest BCUT2D eigenvalue weighted by molar-refractivity contribution is 9.09. The van der Waals surface area contributed by atoms with Crippen molar-refractivity contribution >= 4 is 15.9 Å². The van der Waals surface area contributed by atoms with Crippen LogP contribution < -0.4 is 0 Å². The van der Waals surface area contributed by atoms with Crippen LogP contribution in [0, 0.1) is 11.8 Å². The molecule has 0 saturated carbocycles. The van der Waals surface area contributed by atoms with Crippen LogP contribution in [0.2, 0.25) is 0 Å². The molecule has 1 saturated heterocycles. The van der Waals surface area contributed by atoms with Gasteiger partial charge >= 0.3 is 0 Å². The first-order chi connectivity index (χ1) is 5.22. The first-order valence-corrected chi connectivity index (χ1v) is 5.63. The van der Waals surface area contributed by atoms with Gasteiger partial charge in [-0.3, -0.25) is 0 Å². The minimum atomic E-state index is 0.901. The lowest BCUT2D eigenvalue weighted by Gasteiger charge is -2.34. The van der Waals surface area contributed by atoms with E-state index in [1.807, 2.05) is 0 Å². The molecule has 2 atom stereocenters. The summed E-state index contributed by atoms with van der Waals surface area (Å²) in [5.74, 6) is 1.80. The van der Waals surface area contributed by atoms with E-state index in [0.717, 1.165) is 17.2 Å². The third kappa shape index (κ3) is 3.12. The van der Waals surface area contributed by atoms with Crippen LogP contribution in [0.1, 0.15) is 20.3 Å². The van der Waals surface area contributed by atoms with Crippen LogP contribution >= 0.6 is 15.9 Å². The molecule has 1 nitrogen and oxygen atoms in total. The Kier molecular flexibility index (Phi) is 3.86. The van der Waals surface area contributed by atoms with Crippen molar-refractivity contribution in [3.05, 3.63) is 0 Å². The first-order valence-electron chi connectivity index (χ1n) is 4.50. The van der Waals surface area contributed by atoms with E-state index in [1.165, 1.54) is 26.1 Å². The van der Waals surface area contributed by atoms with Crippen LogP contribution in [0.3, 0.4) is 0 Å². The molecule has 11 heavy (non-hydrogen) atoms. The number of halogens is 1. The smallest absolute Gasteiger partial charge is 0.0159 e. The summed E-state index contributed by atoms with van der Waals surface area (Å²) in [4.78, 5) is 2.56. The molecule has 0 N–H and O–H groups in total. The minimum Gasteiger partial charge on any atom is -0.302 e. The molecule has 0 aromatic heterocycles. The normalized spacial score (nSPS) is 34.1. The van der Waals surface area contributed by atoms with Gasteiger partial charge in [0.1, 0.15) is 0 Å². The second-order valence-corrected chi connectivity index (χ2v) is 4.69. The van der Waals surface area contributed by atoms with Crippen LogP contribution in [0.25, 0.3) is 0 Å². The lowest BCUT2D eigenvalue weighted by atomic mass is 9.92. The molecule has 66 valence electrons. The highest BCUT2D eigenvalue weighted by Gasteiger charge is 2.20. The number of rotatable bonds is 2. The Morgan fingerprint density at radius 2 is 1.82 bits per heavy atom. The molecule has 0 amide bonds. The maximum atomic E-state index is 3.48. The molecule has 2 heteroatoms. The molecular weight excluding hydrogens is 202 g/mol. The zero-order chi connectivity index (χ0) is 8.27. The van der Waals surface area contributed by atoms with Crippen molar-refractivity contribution < 1.29 is 0 Å². The van der Waals surface area contributed by atoms with Gasteiger partial charge in [0.25, 0.3) is 0 Å². The van der Waals surface area contributed by atoms with Gasteiger partial charge in [-0.05, 0) is 18.3 Å². The molecule has 0 radical (unpaired) electrons. The Morgan fingerprint density at radius 1 is 1.27 bits per heavy atom. The van der Waals surface area contributed by atoms with E-state index < -0.39 is 0 Å². The zero-order valence-electron chi connectivity index (χ0n) is 7.52. The third-order valence-corrected chi connectivity index (χ3v) is 2.70. The second kappa shape index (κ2) is 4.46. The van der Waals surface area contributed by atoms with E-state index in [0.29, 0.717) is 0 Å².